The van der Waals surface area contributed by atoms with E-state index in [4.69, 9.17) is 4.98 Å². The molecule has 1 N–H and O–H groups in total. The number of nitrogens with one attached hydrogen (secondary N) is 1. The van der Waals surface area contributed by atoms with Crippen LogP contribution in [0.2, 0.25) is 0 Å². The summed E-state index contributed by atoms with van der Waals surface area (Å²) in [6.45, 7) is 2.73. The molecule has 1 amide bonds. The number of likely N-dealkylation sites (tertiary alicyclic amines) is 1. The van der Waals surface area contributed by atoms with E-state index in [1.165, 1.54) is 29.3 Å². The summed E-state index contributed by atoms with van der Waals surface area (Å²) in [5, 5.41) is 2.40. The number of fused-ring (bicyclic) bond motifs is 2. The first-order valence-electron chi connectivity index (χ1n) is 13.0. The maximum absolute atomic E-state index is 13.2. The highest BCUT2D eigenvalue weighted by atomic mass is 16.2. The van der Waals surface area contributed by atoms with Crippen molar-refractivity contribution in [2.24, 2.45) is 0 Å². The third-order valence-corrected chi connectivity index (χ3v) is 8.16. The molecule has 6 rings (SSSR count). The van der Waals surface area contributed by atoms with Crippen LogP contribution in [0.15, 0.2) is 61.1 Å². The summed E-state index contributed by atoms with van der Waals surface area (Å²) in [6, 6.07) is 16.7. The molecule has 2 fully saturated rings. The first-order valence-corrected chi connectivity index (χ1v) is 13.0. The number of hydrogen-bond donors (Lipinski definition) is 1. The second kappa shape index (κ2) is 9.33. The predicted octanol–water partition coefficient (Wildman–Crippen LogP) is 5.49. The number of hydrogen-bond acceptors (Lipinski definition) is 4. The number of nitrogens with zero attached hydrogens (tertiary/aromatic N) is 4. The van der Waals surface area contributed by atoms with Crippen LogP contribution in [-0.2, 0) is 11.2 Å². The zero-order chi connectivity index (χ0) is 23.7. The number of H-pyrrole nitrogens is 1. The van der Waals surface area contributed by atoms with E-state index in [0.717, 1.165) is 68.5 Å². The Morgan fingerprint density at radius 2 is 1.71 bits per heavy atom. The number of rotatable bonds is 5. The van der Waals surface area contributed by atoms with Gasteiger partial charge in [-0.3, -0.25) is 4.79 Å². The molecule has 2 saturated heterocycles. The summed E-state index contributed by atoms with van der Waals surface area (Å²) in [5.74, 6) is 1.37. The molecule has 0 aliphatic carbocycles. The predicted molar refractivity (Wildman–Crippen MR) is 141 cm³/mol. The minimum atomic E-state index is 0.0934. The maximum Gasteiger partial charge on any atom is 0.222 e. The van der Waals surface area contributed by atoms with Crippen molar-refractivity contribution in [2.75, 3.05) is 24.5 Å². The maximum atomic E-state index is 13.2. The van der Waals surface area contributed by atoms with Crippen LogP contribution in [0.5, 0.6) is 0 Å². The molecule has 1 spiro atoms. The van der Waals surface area contributed by atoms with Gasteiger partial charge in [-0.05, 0) is 68.7 Å². The largest absolute Gasteiger partial charge is 0.361 e. The lowest BCUT2D eigenvalue weighted by Gasteiger charge is -2.39. The normalized spacial score (nSPS) is 20.7. The Hall–Kier alpha value is -3.41. The van der Waals surface area contributed by atoms with Crippen molar-refractivity contribution < 1.29 is 4.79 Å². The van der Waals surface area contributed by atoms with Gasteiger partial charge in [0.05, 0.1) is 5.52 Å². The molecule has 35 heavy (non-hydrogen) atoms. The van der Waals surface area contributed by atoms with Gasteiger partial charge in [0.1, 0.15) is 12.1 Å². The number of aryl methyl sites for hydroxylation is 1. The fraction of sp³-hybridized carbons (Fsp3) is 0.414. The topological polar surface area (TPSA) is 65.1 Å². The highest BCUT2D eigenvalue weighted by molar-refractivity contribution is 5.89. The number of aromatic amines is 1. The van der Waals surface area contributed by atoms with Gasteiger partial charge in [-0.25, -0.2) is 9.97 Å². The summed E-state index contributed by atoms with van der Waals surface area (Å²) in [4.78, 5) is 30.4. The van der Waals surface area contributed by atoms with Crippen LogP contribution < -0.4 is 4.90 Å². The van der Waals surface area contributed by atoms with Crippen molar-refractivity contribution in [3.05, 3.63) is 66.6 Å². The van der Waals surface area contributed by atoms with Crippen molar-refractivity contribution in [3.8, 4) is 0 Å². The molecule has 6 heteroatoms. The quantitative estimate of drug-likeness (QED) is 0.422. The summed E-state index contributed by atoms with van der Waals surface area (Å²) < 4.78 is 0. The highest BCUT2D eigenvalue weighted by Crippen LogP contribution is 2.42. The fourth-order valence-electron chi connectivity index (χ4n) is 6.35. The van der Waals surface area contributed by atoms with Crippen LogP contribution in [0.1, 0.15) is 50.5 Å². The standard InChI is InChI=1S/C29H33N5O/c35-27(13-5-8-22-20-30-25-11-3-1-9-23(22)25)33-17-6-14-29(16-19-33)15-7-18-34(29)28-24-10-2-4-12-26(24)31-21-32-28/h1-4,9-12,20-21,30H,5-8,13-19H2/t29-/m1/s1. The van der Waals surface area contributed by atoms with E-state index in [-0.39, 0.29) is 5.54 Å². The van der Waals surface area contributed by atoms with Crippen LogP contribution in [0.4, 0.5) is 5.82 Å². The van der Waals surface area contributed by atoms with Crippen LogP contribution in [-0.4, -0.2) is 50.9 Å². The molecule has 0 unspecified atom stereocenters. The minimum absolute atomic E-state index is 0.0934. The smallest absolute Gasteiger partial charge is 0.222 e. The molecule has 180 valence electrons. The zero-order valence-electron chi connectivity index (χ0n) is 20.2. The van der Waals surface area contributed by atoms with Gasteiger partial charge < -0.3 is 14.8 Å². The Morgan fingerprint density at radius 1 is 0.914 bits per heavy atom. The van der Waals surface area contributed by atoms with Crippen LogP contribution >= 0.6 is 0 Å². The van der Waals surface area contributed by atoms with Gasteiger partial charge in [-0.2, -0.15) is 0 Å². The van der Waals surface area contributed by atoms with E-state index in [1.807, 2.05) is 6.07 Å². The van der Waals surface area contributed by atoms with E-state index in [0.29, 0.717) is 12.3 Å². The second-order valence-electron chi connectivity index (χ2n) is 10.1. The molecular weight excluding hydrogens is 434 g/mol. The Kier molecular flexibility index (Phi) is 5.88. The van der Waals surface area contributed by atoms with E-state index in [2.05, 4.69) is 68.4 Å². The van der Waals surface area contributed by atoms with Gasteiger partial charge in [0.25, 0.3) is 0 Å². The van der Waals surface area contributed by atoms with Crippen molar-refractivity contribution in [1.82, 2.24) is 19.9 Å². The molecular formula is C29H33N5O. The lowest BCUT2D eigenvalue weighted by atomic mass is 9.87. The molecule has 6 nitrogen and oxygen atoms in total. The minimum Gasteiger partial charge on any atom is -0.361 e. The van der Waals surface area contributed by atoms with Crippen LogP contribution in [0.25, 0.3) is 21.8 Å². The van der Waals surface area contributed by atoms with Crippen molar-refractivity contribution >= 4 is 33.5 Å². The average Bonchev–Trinajstić information content (AvgIpc) is 3.43. The Labute approximate surface area is 206 Å². The van der Waals surface area contributed by atoms with E-state index < -0.39 is 0 Å². The fourth-order valence-corrected chi connectivity index (χ4v) is 6.35. The van der Waals surface area contributed by atoms with Crippen LogP contribution in [0.3, 0.4) is 0 Å². The number of benzene rings is 2. The first-order chi connectivity index (χ1) is 17.2. The molecule has 2 aromatic heterocycles. The number of anilines is 1. The number of carbonyl (C=O) groups is 1. The van der Waals surface area contributed by atoms with Crippen molar-refractivity contribution in [1.29, 1.82) is 0 Å². The third-order valence-electron chi connectivity index (χ3n) is 8.16. The molecule has 0 radical (unpaired) electrons. The van der Waals surface area contributed by atoms with Gasteiger partial charge in [0.2, 0.25) is 5.91 Å². The molecule has 2 aromatic carbocycles. The van der Waals surface area contributed by atoms with Gasteiger partial charge in [0, 0.05) is 54.1 Å². The van der Waals surface area contributed by atoms with Crippen molar-refractivity contribution in [3.63, 3.8) is 0 Å². The number of aromatic nitrogens is 3. The second-order valence-corrected chi connectivity index (χ2v) is 10.1. The zero-order valence-corrected chi connectivity index (χ0v) is 20.2. The molecule has 4 heterocycles. The summed E-state index contributed by atoms with van der Waals surface area (Å²) in [6.07, 6.45) is 11.8. The monoisotopic (exact) mass is 467 g/mol. The van der Waals surface area contributed by atoms with Gasteiger partial charge >= 0.3 is 0 Å². The molecule has 1 atom stereocenters. The van der Waals surface area contributed by atoms with Gasteiger partial charge in [0.15, 0.2) is 0 Å². The lowest BCUT2D eigenvalue weighted by molar-refractivity contribution is -0.131. The molecule has 4 aromatic rings. The highest BCUT2D eigenvalue weighted by Gasteiger charge is 2.43. The third kappa shape index (κ3) is 4.15. The Balaban J connectivity index is 1.11. The van der Waals surface area contributed by atoms with E-state index in [9.17, 15) is 4.79 Å². The average molecular weight is 468 g/mol. The van der Waals surface area contributed by atoms with E-state index >= 15 is 0 Å². The molecule has 0 saturated carbocycles. The van der Waals surface area contributed by atoms with Crippen LogP contribution in [0, 0.1) is 0 Å². The van der Waals surface area contributed by atoms with Crippen molar-refractivity contribution in [2.45, 2.75) is 56.9 Å². The van der Waals surface area contributed by atoms with Gasteiger partial charge in [-0.15, -0.1) is 0 Å². The number of para-hydroxylation sites is 2. The SMILES string of the molecule is O=C(CCCc1c[nH]c2ccccc12)N1CCC[C@@]2(CCCN2c2ncnc3ccccc23)CC1. The summed E-state index contributed by atoms with van der Waals surface area (Å²) in [7, 11) is 0. The molecule has 2 aliphatic heterocycles. The Bertz CT molecular complexity index is 1340. The van der Waals surface area contributed by atoms with Gasteiger partial charge in [-0.1, -0.05) is 30.3 Å². The van der Waals surface area contributed by atoms with E-state index in [1.54, 1.807) is 6.33 Å². The lowest BCUT2D eigenvalue weighted by Crippen LogP contribution is -2.45. The number of amides is 1. The summed E-state index contributed by atoms with van der Waals surface area (Å²) >= 11 is 0. The molecule has 0 bridgehead atoms. The number of carbonyl (C=O) groups excluding carboxylic acids is 1. The Morgan fingerprint density at radius 3 is 2.63 bits per heavy atom. The molecule has 2 aliphatic rings. The summed E-state index contributed by atoms with van der Waals surface area (Å²) in [5.41, 5.74) is 3.57. The first kappa shape index (κ1) is 22.1.